The van der Waals surface area contributed by atoms with Gasteiger partial charge in [-0.1, -0.05) is 48.5 Å². The van der Waals surface area contributed by atoms with Crippen molar-refractivity contribution in [3.8, 4) is 0 Å². The summed E-state index contributed by atoms with van der Waals surface area (Å²) >= 11 is 5.97. The lowest BCUT2D eigenvalue weighted by Crippen LogP contribution is -2.27. The van der Waals surface area contributed by atoms with Crippen molar-refractivity contribution in [2.45, 2.75) is 13.3 Å². The number of nitrogens with one attached hydrogen (secondary N) is 1. The molecule has 0 amide bonds. The van der Waals surface area contributed by atoms with Crippen molar-refractivity contribution in [2.24, 2.45) is 5.92 Å². The van der Waals surface area contributed by atoms with E-state index in [1.54, 1.807) is 19.1 Å². The van der Waals surface area contributed by atoms with Crippen LogP contribution in [-0.4, -0.2) is 25.7 Å². The average Bonchev–Trinajstić information content (AvgIpc) is 3.10. The smallest absolute Gasteiger partial charge is 0.313 e. The highest BCUT2D eigenvalue weighted by Crippen LogP contribution is 2.59. The summed E-state index contributed by atoms with van der Waals surface area (Å²) in [6.45, 7) is 7.25. The molecule has 0 aliphatic carbocycles. The Balaban J connectivity index is 1.92. The molecule has 0 bridgehead atoms. The predicted octanol–water partition coefficient (Wildman–Crippen LogP) is 4.88. The van der Waals surface area contributed by atoms with Crippen LogP contribution in [0.15, 0.2) is 66.5 Å². The Morgan fingerprint density at radius 1 is 1.25 bits per heavy atom. The van der Waals surface area contributed by atoms with Crippen molar-refractivity contribution in [3.05, 3.63) is 77.1 Å². The molecule has 2 aromatic carbocycles. The molecule has 1 saturated heterocycles. The van der Waals surface area contributed by atoms with Crippen LogP contribution in [0.25, 0.3) is 0 Å². The standard InChI is InChI=1S/C21H24ClN2O3P/c1-3-27-21(25)20(15-17-9-11-18(22)12-10-17)16(2)28(26)23-13-14-24(28)19-7-5-4-6-8-19/h4-12,20H,2-3,13-15H2,1H3,(H,23,26). The zero-order valence-electron chi connectivity index (χ0n) is 15.8. The van der Waals surface area contributed by atoms with Crippen LogP contribution in [-0.2, 0) is 20.5 Å². The Bertz CT molecular complexity index is 886. The van der Waals surface area contributed by atoms with Crippen molar-refractivity contribution >= 4 is 30.7 Å². The van der Waals surface area contributed by atoms with Crippen LogP contribution < -0.4 is 9.76 Å². The fourth-order valence-corrected chi connectivity index (χ4v) is 6.00. The Morgan fingerprint density at radius 3 is 2.57 bits per heavy atom. The molecule has 2 aromatic rings. The van der Waals surface area contributed by atoms with Gasteiger partial charge in [-0.3, -0.25) is 9.36 Å². The van der Waals surface area contributed by atoms with Gasteiger partial charge >= 0.3 is 5.97 Å². The molecular weight excluding hydrogens is 395 g/mol. The number of para-hydroxylation sites is 1. The van der Waals surface area contributed by atoms with Crippen LogP contribution in [0.5, 0.6) is 0 Å². The van der Waals surface area contributed by atoms with E-state index in [-0.39, 0.29) is 6.61 Å². The highest BCUT2D eigenvalue weighted by atomic mass is 35.5. The van der Waals surface area contributed by atoms with Gasteiger partial charge in [0.05, 0.1) is 12.5 Å². The van der Waals surface area contributed by atoms with Gasteiger partial charge in [0.2, 0.25) is 0 Å². The summed E-state index contributed by atoms with van der Waals surface area (Å²) in [6, 6.07) is 16.8. The fourth-order valence-electron chi connectivity index (χ4n) is 3.33. The van der Waals surface area contributed by atoms with Gasteiger partial charge in [0.25, 0.3) is 7.44 Å². The fraction of sp³-hybridized carbons (Fsp3) is 0.286. The van der Waals surface area contributed by atoms with Crippen molar-refractivity contribution < 1.29 is 14.1 Å². The lowest BCUT2D eigenvalue weighted by atomic mass is 9.99. The molecule has 5 nitrogen and oxygen atoms in total. The third-order valence-corrected chi connectivity index (χ3v) is 7.87. The number of nitrogens with zero attached hydrogens (tertiary/aromatic N) is 1. The van der Waals surface area contributed by atoms with Crippen LogP contribution in [0.3, 0.4) is 0 Å². The number of carbonyl (C=O) groups is 1. The topological polar surface area (TPSA) is 58.6 Å². The molecule has 0 saturated carbocycles. The van der Waals surface area contributed by atoms with Crippen LogP contribution in [0.4, 0.5) is 5.69 Å². The summed E-state index contributed by atoms with van der Waals surface area (Å²) in [6.07, 6.45) is 0.350. The van der Waals surface area contributed by atoms with E-state index in [1.807, 2.05) is 47.1 Å². The Kier molecular flexibility index (Phi) is 6.61. The minimum Gasteiger partial charge on any atom is -0.466 e. The van der Waals surface area contributed by atoms with Gasteiger partial charge in [-0.25, -0.2) is 5.09 Å². The van der Waals surface area contributed by atoms with E-state index in [2.05, 4.69) is 11.7 Å². The van der Waals surface area contributed by atoms with Gasteiger partial charge in [-0.15, -0.1) is 0 Å². The third kappa shape index (κ3) is 4.33. The Hall–Kier alpha value is -2.07. The Morgan fingerprint density at radius 2 is 1.93 bits per heavy atom. The normalized spacial score (nSPS) is 20.0. The number of hydrogen-bond donors (Lipinski definition) is 1. The maximum absolute atomic E-state index is 13.9. The Labute approximate surface area is 170 Å². The number of benzene rings is 2. The summed E-state index contributed by atoms with van der Waals surface area (Å²) in [4.78, 5) is 12.7. The first-order chi connectivity index (χ1) is 13.5. The molecule has 1 aliphatic heterocycles. The van der Waals surface area contributed by atoms with E-state index in [0.717, 1.165) is 11.3 Å². The molecule has 0 spiro atoms. The van der Waals surface area contributed by atoms with Crippen LogP contribution in [0.2, 0.25) is 5.02 Å². The molecule has 0 aromatic heterocycles. The van der Waals surface area contributed by atoms with Crippen molar-refractivity contribution in [1.82, 2.24) is 5.09 Å². The largest absolute Gasteiger partial charge is 0.466 e. The molecule has 2 unspecified atom stereocenters. The molecule has 148 valence electrons. The molecule has 1 aliphatic rings. The SMILES string of the molecule is C=C(C(Cc1ccc(Cl)cc1)C(=O)OCC)P1(=O)NCCN1c1ccccc1. The number of ether oxygens (including phenoxy) is 1. The van der Waals surface area contributed by atoms with Gasteiger partial charge in [0.15, 0.2) is 0 Å². The van der Waals surface area contributed by atoms with E-state index >= 15 is 0 Å². The first-order valence-corrected chi connectivity index (χ1v) is 11.3. The van der Waals surface area contributed by atoms with E-state index < -0.39 is 19.3 Å². The number of esters is 1. The summed E-state index contributed by atoms with van der Waals surface area (Å²) < 4.78 is 21.0. The first kappa shape index (κ1) is 20.7. The maximum Gasteiger partial charge on any atom is 0.313 e. The highest BCUT2D eigenvalue weighted by Gasteiger charge is 2.43. The van der Waals surface area contributed by atoms with E-state index in [1.165, 1.54) is 0 Å². The molecule has 0 radical (unpaired) electrons. The monoisotopic (exact) mass is 418 g/mol. The summed E-state index contributed by atoms with van der Waals surface area (Å²) in [7, 11) is -3.21. The zero-order chi connectivity index (χ0) is 20.1. The summed E-state index contributed by atoms with van der Waals surface area (Å²) in [5.41, 5.74) is 1.74. The van der Waals surface area contributed by atoms with Crippen LogP contribution in [0.1, 0.15) is 12.5 Å². The van der Waals surface area contributed by atoms with E-state index in [0.29, 0.717) is 29.8 Å². The number of rotatable bonds is 7. The molecule has 2 atom stereocenters. The third-order valence-electron chi connectivity index (χ3n) is 4.76. The maximum atomic E-state index is 13.9. The second-order valence-corrected chi connectivity index (χ2v) is 9.53. The molecule has 28 heavy (non-hydrogen) atoms. The average molecular weight is 419 g/mol. The number of halogens is 1. The van der Waals surface area contributed by atoms with Crippen molar-refractivity contribution in [2.75, 3.05) is 24.4 Å². The number of hydrogen-bond acceptors (Lipinski definition) is 3. The summed E-state index contributed by atoms with van der Waals surface area (Å²) in [5, 5.41) is 4.09. The molecule has 3 rings (SSSR count). The van der Waals surface area contributed by atoms with E-state index in [4.69, 9.17) is 16.3 Å². The van der Waals surface area contributed by atoms with Crippen molar-refractivity contribution in [1.29, 1.82) is 0 Å². The molecule has 7 heteroatoms. The van der Waals surface area contributed by atoms with Gasteiger partial charge < -0.3 is 9.41 Å². The summed E-state index contributed by atoms with van der Waals surface area (Å²) in [5.74, 6) is -1.14. The van der Waals surface area contributed by atoms with Gasteiger partial charge in [0, 0.05) is 29.1 Å². The first-order valence-electron chi connectivity index (χ1n) is 9.24. The lowest BCUT2D eigenvalue weighted by molar-refractivity contribution is -0.146. The van der Waals surface area contributed by atoms with Crippen LogP contribution in [0, 0.1) is 5.92 Å². The molecule has 1 N–H and O–H groups in total. The van der Waals surface area contributed by atoms with Crippen LogP contribution >= 0.6 is 19.0 Å². The number of anilines is 1. The number of carbonyl (C=O) groups excluding carboxylic acids is 1. The van der Waals surface area contributed by atoms with Gasteiger partial charge in [-0.2, -0.15) is 0 Å². The lowest BCUT2D eigenvalue weighted by Gasteiger charge is -2.30. The second-order valence-electron chi connectivity index (χ2n) is 6.57. The minimum absolute atomic E-state index is 0.253. The molecule has 1 fully saturated rings. The molecular formula is C21H24ClN2O3P. The van der Waals surface area contributed by atoms with Gasteiger partial charge in [-0.05, 0) is 43.2 Å². The van der Waals surface area contributed by atoms with Crippen molar-refractivity contribution in [3.63, 3.8) is 0 Å². The second kappa shape index (κ2) is 8.95. The minimum atomic E-state index is -3.21. The quantitative estimate of drug-likeness (QED) is 0.513. The predicted molar refractivity (Wildman–Crippen MR) is 114 cm³/mol. The zero-order valence-corrected chi connectivity index (χ0v) is 17.5. The molecule has 1 heterocycles. The van der Waals surface area contributed by atoms with E-state index in [9.17, 15) is 9.36 Å². The van der Waals surface area contributed by atoms with Gasteiger partial charge in [0.1, 0.15) is 0 Å². The highest BCUT2D eigenvalue weighted by molar-refractivity contribution is 7.68.